The monoisotopic (exact) mass is 321 g/mol. The maximum absolute atomic E-state index is 11.5. The minimum atomic E-state index is -3.14. The zero-order valence-corrected chi connectivity index (χ0v) is 14.5. The standard InChI is InChI=1S/C16H23N3O2S/c1-11-16(12(2)18-17-11)13(3)19(4)10-14-6-8-15(9-7-14)22(5,20)21/h6-9,13H,10H2,1-5H3,(H,17,18)/t13-/m0/s1. The number of nitrogens with zero attached hydrogens (tertiary/aromatic N) is 2. The molecule has 0 bridgehead atoms. The second-order valence-corrected chi connectivity index (χ2v) is 7.87. The minimum Gasteiger partial charge on any atom is -0.295 e. The van der Waals surface area contributed by atoms with Crippen molar-refractivity contribution in [3.8, 4) is 0 Å². The molecule has 0 aliphatic heterocycles. The number of nitrogens with one attached hydrogen (secondary N) is 1. The number of aromatic nitrogens is 2. The average molecular weight is 321 g/mol. The van der Waals surface area contributed by atoms with Crippen LogP contribution in [0.25, 0.3) is 0 Å². The highest BCUT2D eigenvalue weighted by atomic mass is 32.2. The molecule has 5 nitrogen and oxygen atoms in total. The van der Waals surface area contributed by atoms with Gasteiger partial charge in [-0.1, -0.05) is 12.1 Å². The normalized spacial score (nSPS) is 13.5. The van der Waals surface area contributed by atoms with Crippen molar-refractivity contribution in [3.63, 3.8) is 0 Å². The van der Waals surface area contributed by atoms with E-state index in [2.05, 4.69) is 29.1 Å². The Balaban J connectivity index is 2.13. The minimum absolute atomic E-state index is 0.230. The van der Waals surface area contributed by atoms with E-state index in [1.807, 2.05) is 26.0 Å². The highest BCUT2D eigenvalue weighted by Gasteiger charge is 2.18. The maximum Gasteiger partial charge on any atom is 0.175 e. The summed E-state index contributed by atoms with van der Waals surface area (Å²) in [6.07, 6.45) is 1.22. The van der Waals surface area contributed by atoms with Crippen LogP contribution in [0.4, 0.5) is 0 Å². The third-order valence-electron chi connectivity index (χ3n) is 4.05. The van der Waals surface area contributed by atoms with Crippen molar-refractivity contribution in [1.82, 2.24) is 15.1 Å². The van der Waals surface area contributed by atoms with Crippen LogP contribution in [0.5, 0.6) is 0 Å². The molecule has 0 spiro atoms. The lowest BCUT2D eigenvalue weighted by Gasteiger charge is -2.25. The van der Waals surface area contributed by atoms with Crippen molar-refractivity contribution >= 4 is 9.84 Å². The van der Waals surface area contributed by atoms with Crippen LogP contribution in [0.15, 0.2) is 29.2 Å². The summed E-state index contributed by atoms with van der Waals surface area (Å²) in [6.45, 7) is 6.93. The summed E-state index contributed by atoms with van der Waals surface area (Å²) in [4.78, 5) is 2.58. The molecule has 1 heterocycles. The Hall–Kier alpha value is -1.66. The molecule has 22 heavy (non-hydrogen) atoms. The predicted octanol–water partition coefficient (Wildman–Crippen LogP) is 2.62. The van der Waals surface area contributed by atoms with Crippen molar-refractivity contribution in [2.75, 3.05) is 13.3 Å². The summed E-state index contributed by atoms with van der Waals surface area (Å²) in [5, 5.41) is 7.26. The fourth-order valence-corrected chi connectivity index (χ4v) is 3.29. The second-order valence-electron chi connectivity index (χ2n) is 5.85. The predicted molar refractivity (Wildman–Crippen MR) is 87.5 cm³/mol. The topological polar surface area (TPSA) is 66.1 Å². The Bertz CT molecular complexity index is 729. The molecule has 1 aromatic heterocycles. The molecule has 2 aromatic rings. The molecular formula is C16H23N3O2S. The Morgan fingerprint density at radius 1 is 1.23 bits per heavy atom. The number of H-pyrrole nitrogens is 1. The molecule has 2 rings (SSSR count). The molecule has 0 saturated heterocycles. The molecule has 0 aliphatic rings. The SMILES string of the molecule is Cc1n[nH]c(C)c1[C@H](C)N(C)Cc1ccc(S(C)(=O)=O)cc1. The Kier molecular flexibility index (Phi) is 4.72. The lowest BCUT2D eigenvalue weighted by Crippen LogP contribution is -2.22. The van der Waals surface area contributed by atoms with E-state index in [-0.39, 0.29) is 6.04 Å². The third-order valence-corrected chi connectivity index (χ3v) is 5.18. The molecule has 0 saturated carbocycles. The van der Waals surface area contributed by atoms with Gasteiger partial charge in [0, 0.05) is 30.1 Å². The first-order chi connectivity index (χ1) is 10.2. The van der Waals surface area contributed by atoms with Crippen LogP contribution in [-0.2, 0) is 16.4 Å². The number of aryl methyl sites for hydroxylation is 2. The molecule has 120 valence electrons. The van der Waals surface area contributed by atoms with E-state index in [0.717, 1.165) is 23.5 Å². The molecule has 6 heteroatoms. The van der Waals surface area contributed by atoms with Crippen LogP contribution in [0.3, 0.4) is 0 Å². The number of sulfone groups is 1. The lowest BCUT2D eigenvalue weighted by molar-refractivity contribution is 0.251. The molecular weight excluding hydrogens is 298 g/mol. The fraction of sp³-hybridized carbons (Fsp3) is 0.438. The first-order valence-electron chi connectivity index (χ1n) is 7.21. The second kappa shape index (κ2) is 6.22. The molecule has 1 aromatic carbocycles. The molecule has 1 atom stereocenters. The third kappa shape index (κ3) is 3.56. The van der Waals surface area contributed by atoms with Gasteiger partial charge in [-0.3, -0.25) is 10.00 Å². The van der Waals surface area contributed by atoms with Gasteiger partial charge in [-0.2, -0.15) is 5.10 Å². The van der Waals surface area contributed by atoms with E-state index in [1.54, 1.807) is 12.1 Å². The van der Waals surface area contributed by atoms with E-state index in [1.165, 1.54) is 11.8 Å². The van der Waals surface area contributed by atoms with E-state index in [9.17, 15) is 8.42 Å². The van der Waals surface area contributed by atoms with Gasteiger partial charge in [0.05, 0.1) is 10.6 Å². The van der Waals surface area contributed by atoms with Gasteiger partial charge < -0.3 is 0 Å². The summed E-state index contributed by atoms with van der Waals surface area (Å²) in [7, 11) is -1.08. The Morgan fingerprint density at radius 3 is 2.27 bits per heavy atom. The number of hydrogen-bond donors (Lipinski definition) is 1. The van der Waals surface area contributed by atoms with Crippen molar-refractivity contribution in [3.05, 3.63) is 46.8 Å². The van der Waals surface area contributed by atoms with Crippen LogP contribution in [-0.4, -0.2) is 36.8 Å². The number of rotatable bonds is 5. The van der Waals surface area contributed by atoms with Crippen LogP contribution in [0.1, 0.15) is 35.5 Å². The summed E-state index contributed by atoms with van der Waals surface area (Å²) in [6, 6.07) is 7.30. The van der Waals surface area contributed by atoms with E-state index >= 15 is 0 Å². The summed E-state index contributed by atoms with van der Waals surface area (Å²) < 4.78 is 23.0. The maximum atomic E-state index is 11.5. The zero-order valence-electron chi connectivity index (χ0n) is 13.7. The van der Waals surface area contributed by atoms with Crippen molar-refractivity contribution < 1.29 is 8.42 Å². The first-order valence-corrected chi connectivity index (χ1v) is 9.10. The molecule has 0 aliphatic carbocycles. The lowest BCUT2D eigenvalue weighted by atomic mass is 10.0. The summed E-state index contributed by atoms with van der Waals surface area (Å²) in [5.74, 6) is 0. The van der Waals surface area contributed by atoms with Gasteiger partial charge in [0.25, 0.3) is 0 Å². The zero-order chi connectivity index (χ0) is 16.5. The van der Waals surface area contributed by atoms with Crippen LogP contribution < -0.4 is 0 Å². The van der Waals surface area contributed by atoms with E-state index in [0.29, 0.717) is 4.90 Å². The number of hydrogen-bond acceptors (Lipinski definition) is 4. The smallest absolute Gasteiger partial charge is 0.175 e. The fourth-order valence-electron chi connectivity index (χ4n) is 2.66. The van der Waals surface area contributed by atoms with Crippen molar-refractivity contribution in [2.24, 2.45) is 0 Å². The van der Waals surface area contributed by atoms with Crippen LogP contribution in [0, 0.1) is 13.8 Å². The summed E-state index contributed by atoms with van der Waals surface area (Å²) in [5.41, 5.74) is 4.41. The Labute approximate surface area is 132 Å². The number of aromatic amines is 1. The van der Waals surface area contributed by atoms with Gasteiger partial charge in [-0.15, -0.1) is 0 Å². The van der Waals surface area contributed by atoms with Gasteiger partial charge in [0.1, 0.15) is 0 Å². The molecule has 1 N–H and O–H groups in total. The molecule has 0 amide bonds. The largest absolute Gasteiger partial charge is 0.295 e. The van der Waals surface area contributed by atoms with Gasteiger partial charge in [0.15, 0.2) is 9.84 Å². The van der Waals surface area contributed by atoms with Gasteiger partial charge in [-0.05, 0) is 45.5 Å². The summed E-state index contributed by atoms with van der Waals surface area (Å²) >= 11 is 0. The quantitative estimate of drug-likeness (QED) is 0.919. The van der Waals surface area contributed by atoms with Crippen molar-refractivity contribution in [1.29, 1.82) is 0 Å². The van der Waals surface area contributed by atoms with Gasteiger partial charge >= 0.3 is 0 Å². The van der Waals surface area contributed by atoms with E-state index < -0.39 is 9.84 Å². The molecule has 0 fully saturated rings. The Morgan fingerprint density at radius 2 is 1.82 bits per heavy atom. The van der Waals surface area contributed by atoms with Crippen LogP contribution >= 0.6 is 0 Å². The number of benzene rings is 1. The van der Waals surface area contributed by atoms with Crippen LogP contribution in [0.2, 0.25) is 0 Å². The molecule has 0 unspecified atom stereocenters. The highest BCUT2D eigenvalue weighted by Crippen LogP contribution is 2.25. The molecule has 0 radical (unpaired) electrons. The average Bonchev–Trinajstić information content (AvgIpc) is 2.77. The van der Waals surface area contributed by atoms with E-state index in [4.69, 9.17) is 0 Å². The van der Waals surface area contributed by atoms with Gasteiger partial charge in [0.2, 0.25) is 0 Å². The van der Waals surface area contributed by atoms with Gasteiger partial charge in [-0.25, -0.2) is 8.42 Å². The first kappa shape index (κ1) is 16.7. The highest BCUT2D eigenvalue weighted by molar-refractivity contribution is 7.90. The van der Waals surface area contributed by atoms with Crippen molar-refractivity contribution in [2.45, 2.75) is 38.3 Å².